The van der Waals surface area contributed by atoms with E-state index in [1.807, 2.05) is 13.8 Å². The van der Waals surface area contributed by atoms with Crippen molar-refractivity contribution in [3.63, 3.8) is 0 Å². The predicted octanol–water partition coefficient (Wildman–Crippen LogP) is 2.09. The zero-order chi connectivity index (χ0) is 15.8. The van der Waals surface area contributed by atoms with Crippen LogP contribution >= 0.6 is 0 Å². The molecule has 0 heterocycles. The molecule has 1 amide bonds. The molecule has 21 heavy (non-hydrogen) atoms. The van der Waals surface area contributed by atoms with Crippen LogP contribution in [0.1, 0.15) is 30.6 Å². The smallest absolute Gasteiger partial charge is 0.311 e. The highest BCUT2D eigenvalue weighted by Crippen LogP contribution is 2.28. The van der Waals surface area contributed by atoms with Crippen LogP contribution in [0.5, 0.6) is 5.75 Å². The number of phenolic OH excluding ortho intramolecular Hbond substituents is 1. The molecule has 7 heteroatoms. The SMILES string of the molecule is CC(C)COCCCNC(=O)c1cccc([N+](=O)[O-])c1O. The minimum atomic E-state index is -0.730. The molecule has 0 aromatic heterocycles. The Bertz CT molecular complexity index is 502. The number of phenols is 1. The lowest BCUT2D eigenvalue weighted by molar-refractivity contribution is -0.385. The molecule has 0 fully saturated rings. The number of aromatic hydroxyl groups is 1. The Labute approximate surface area is 123 Å². The summed E-state index contributed by atoms with van der Waals surface area (Å²) < 4.78 is 5.37. The van der Waals surface area contributed by atoms with Gasteiger partial charge in [0.25, 0.3) is 5.91 Å². The lowest BCUT2D eigenvalue weighted by atomic mass is 10.1. The monoisotopic (exact) mass is 296 g/mol. The molecule has 0 saturated heterocycles. The fourth-order valence-electron chi connectivity index (χ4n) is 1.65. The molecule has 0 bridgehead atoms. The maximum atomic E-state index is 11.8. The van der Waals surface area contributed by atoms with Crippen LogP contribution in [0.4, 0.5) is 5.69 Å². The number of nitro groups is 1. The van der Waals surface area contributed by atoms with Crippen LogP contribution < -0.4 is 5.32 Å². The van der Waals surface area contributed by atoms with Crippen LogP contribution in [-0.2, 0) is 4.74 Å². The molecular formula is C14H20N2O5. The van der Waals surface area contributed by atoms with E-state index in [-0.39, 0.29) is 5.56 Å². The number of nitro benzene ring substituents is 1. The lowest BCUT2D eigenvalue weighted by Gasteiger charge is -2.08. The average Bonchev–Trinajstić information content (AvgIpc) is 2.42. The number of carbonyl (C=O) groups excluding carboxylic acids is 1. The molecule has 116 valence electrons. The maximum Gasteiger partial charge on any atom is 0.311 e. The van der Waals surface area contributed by atoms with Gasteiger partial charge in [0.2, 0.25) is 5.75 Å². The summed E-state index contributed by atoms with van der Waals surface area (Å²) in [5, 5.41) is 23.0. The van der Waals surface area contributed by atoms with Crippen molar-refractivity contribution in [1.82, 2.24) is 5.32 Å². The number of nitrogens with one attached hydrogen (secondary N) is 1. The number of hydrogen-bond acceptors (Lipinski definition) is 5. The van der Waals surface area contributed by atoms with E-state index in [9.17, 15) is 20.0 Å². The third kappa shape index (κ3) is 5.39. The topological polar surface area (TPSA) is 102 Å². The lowest BCUT2D eigenvalue weighted by Crippen LogP contribution is -2.25. The third-order valence-electron chi connectivity index (χ3n) is 2.66. The Hall–Kier alpha value is -2.15. The highest BCUT2D eigenvalue weighted by molar-refractivity contribution is 5.98. The number of benzene rings is 1. The van der Waals surface area contributed by atoms with Crippen molar-refractivity contribution in [2.45, 2.75) is 20.3 Å². The Morgan fingerprint density at radius 3 is 2.81 bits per heavy atom. The fraction of sp³-hybridized carbons (Fsp3) is 0.500. The van der Waals surface area contributed by atoms with Gasteiger partial charge in [0.05, 0.1) is 10.5 Å². The number of rotatable bonds is 8. The molecule has 0 unspecified atom stereocenters. The minimum Gasteiger partial charge on any atom is -0.502 e. The van der Waals surface area contributed by atoms with Gasteiger partial charge in [-0.15, -0.1) is 0 Å². The summed E-state index contributed by atoms with van der Waals surface area (Å²) in [6.07, 6.45) is 0.633. The van der Waals surface area contributed by atoms with Crippen LogP contribution in [0.2, 0.25) is 0 Å². The normalized spacial score (nSPS) is 10.6. The van der Waals surface area contributed by atoms with Crippen LogP contribution in [0, 0.1) is 16.0 Å². The van der Waals surface area contributed by atoms with Crippen molar-refractivity contribution in [2.24, 2.45) is 5.92 Å². The third-order valence-corrected chi connectivity index (χ3v) is 2.66. The number of nitrogens with zero attached hydrogens (tertiary/aromatic N) is 1. The first-order valence-electron chi connectivity index (χ1n) is 6.75. The molecule has 7 nitrogen and oxygen atoms in total. The molecule has 1 rings (SSSR count). The summed E-state index contributed by atoms with van der Waals surface area (Å²) in [6, 6.07) is 3.84. The van der Waals surface area contributed by atoms with Crippen molar-refractivity contribution in [2.75, 3.05) is 19.8 Å². The molecule has 1 aromatic carbocycles. The molecule has 0 aliphatic carbocycles. The van der Waals surface area contributed by atoms with Crippen LogP contribution in [-0.4, -0.2) is 35.7 Å². The van der Waals surface area contributed by atoms with E-state index in [0.29, 0.717) is 32.1 Å². The van der Waals surface area contributed by atoms with Crippen molar-refractivity contribution in [3.05, 3.63) is 33.9 Å². The van der Waals surface area contributed by atoms with E-state index in [0.717, 1.165) is 6.07 Å². The first-order chi connectivity index (χ1) is 9.93. The number of ether oxygens (including phenoxy) is 1. The minimum absolute atomic E-state index is 0.104. The van der Waals surface area contributed by atoms with Crippen molar-refractivity contribution >= 4 is 11.6 Å². The second-order valence-electron chi connectivity index (χ2n) is 5.01. The number of amides is 1. The zero-order valence-corrected chi connectivity index (χ0v) is 12.2. The van der Waals surface area contributed by atoms with E-state index in [4.69, 9.17) is 4.74 Å². The predicted molar refractivity (Wildman–Crippen MR) is 77.4 cm³/mol. The van der Waals surface area contributed by atoms with Crippen molar-refractivity contribution < 1.29 is 19.6 Å². The van der Waals surface area contributed by atoms with Gasteiger partial charge in [-0.1, -0.05) is 19.9 Å². The number of carbonyl (C=O) groups is 1. The van der Waals surface area contributed by atoms with Gasteiger partial charge in [0.1, 0.15) is 0 Å². The Balaban J connectivity index is 2.46. The second kappa shape index (κ2) is 8.21. The summed E-state index contributed by atoms with van der Waals surface area (Å²) >= 11 is 0. The van der Waals surface area contributed by atoms with Gasteiger partial charge in [-0.25, -0.2) is 0 Å². The zero-order valence-electron chi connectivity index (χ0n) is 12.2. The Morgan fingerprint density at radius 2 is 2.19 bits per heavy atom. The van der Waals surface area contributed by atoms with Gasteiger partial charge in [-0.2, -0.15) is 0 Å². The van der Waals surface area contributed by atoms with Gasteiger partial charge in [0, 0.05) is 25.8 Å². The Morgan fingerprint density at radius 1 is 1.48 bits per heavy atom. The largest absolute Gasteiger partial charge is 0.502 e. The summed E-state index contributed by atoms with van der Waals surface area (Å²) in [7, 11) is 0. The summed E-state index contributed by atoms with van der Waals surface area (Å²) in [5.41, 5.74) is -0.588. The highest BCUT2D eigenvalue weighted by Gasteiger charge is 2.20. The van der Waals surface area contributed by atoms with Gasteiger partial charge >= 0.3 is 5.69 Å². The number of para-hydroxylation sites is 1. The van der Waals surface area contributed by atoms with Crippen molar-refractivity contribution in [1.29, 1.82) is 0 Å². The van der Waals surface area contributed by atoms with Gasteiger partial charge in [0.15, 0.2) is 0 Å². The fourth-order valence-corrected chi connectivity index (χ4v) is 1.65. The van der Waals surface area contributed by atoms with Crippen molar-refractivity contribution in [3.8, 4) is 5.75 Å². The van der Waals surface area contributed by atoms with E-state index in [1.54, 1.807) is 0 Å². The molecule has 0 aliphatic heterocycles. The molecule has 0 aliphatic rings. The molecule has 0 saturated carbocycles. The van der Waals surface area contributed by atoms with Gasteiger partial charge in [-0.05, 0) is 18.4 Å². The molecule has 2 N–H and O–H groups in total. The van der Waals surface area contributed by atoms with E-state index >= 15 is 0 Å². The number of hydrogen-bond donors (Lipinski definition) is 2. The van der Waals surface area contributed by atoms with E-state index < -0.39 is 22.3 Å². The summed E-state index contributed by atoms with van der Waals surface area (Å²) in [6.45, 7) is 5.66. The second-order valence-corrected chi connectivity index (χ2v) is 5.01. The quantitative estimate of drug-likeness (QED) is 0.434. The average molecular weight is 296 g/mol. The molecule has 0 spiro atoms. The Kier molecular flexibility index (Phi) is 6.61. The van der Waals surface area contributed by atoms with Gasteiger partial charge < -0.3 is 15.2 Å². The van der Waals surface area contributed by atoms with Crippen LogP contribution in [0.25, 0.3) is 0 Å². The first-order valence-corrected chi connectivity index (χ1v) is 6.75. The summed E-state index contributed by atoms with van der Waals surface area (Å²) in [4.78, 5) is 21.8. The molecule has 0 atom stereocenters. The summed E-state index contributed by atoms with van der Waals surface area (Å²) in [5.74, 6) is -0.697. The standard InChI is InChI=1S/C14H20N2O5/c1-10(2)9-21-8-4-7-15-14(18)11-5-3-6-12(13(11)17)16(19)20/h3,5-6,10,17H,4,7-9H2,1-2H3,(H,15,18). The van der Waals surface area contributed by atoms with E-state index in [1.165, 1.54) is 12.1 Å². The molecule has 0 radical (unpaired) electrons. The first kappa shape index (κ1) is 16.9. The van der Waals surface area contributed by atoms with Crippen LogP contribution in [0.3, 0.4) is 0 Å². The highest BCUT2D eigenvalue weighted by atomic mass is 16.6. The van der Waals surface area contributed by atoms with Gasteiger partial charge in [-0.3, -0.25) is 14.9 Å². The molecular weight excluding hydrogens is 276 g/mol. The molecule has 1 aromatic rings. The van der Waals surface area contributed by atoms with E-state index in [2.05, 4.69) is 5.32 Å². The maximum absolute atomic E-state index is 11.8. The van der Waals surface area contributed by atoms with Crippen LogP contribution in [0.15, 0.2) is 18.2 Å².